The summed E-state index contributed by atoms with van der Waals surface area (Å²) in [5, 5.41) is 0. The molecule has 0 aromatic heterocycles. The van der Waals surface area contributed by atoms with E-state index in [0.29, 0.717) is 17.9 Å². The molecule has 3 aliphatic carbocycles. The minimum atomic E-state index is -1.74. The van der Waals surface area contributed by atoms with E-state index < -0.39 is 25.0 Å². The molecule has 0 radical (unpaired) electrons. The van der Waals surface area contributed by atoms with Gasteiger partial charge >= 0.3 is 0 Å². The van der Waals surface area contributed by atoms with Crippen LogP contribution in [0.25, 0.3) is 0 Å². The van der Waals surface area contributed by atoms with Gasteiger partial charge in [-0.3, -0.25) is 0 Å². The van der Waals surface area contributed by atoms with Crippen molar-refractivity contribution < 1.29 is 13.3 Å². The second-order valence-electron chi connectivity index (χ2n) is 14.1. The van der Waals surface area contributed by atoms with Crippen LogP contribution in [0, 0.1) is 11.3 Å². The molecule has 0 aliphatic heterocycles. The van der Waals surface area contributed by atoms with Gasteiger partial charge < -0.3 is 13.3 Å². The van der Waals surface area contributed by atoms with E-state index >= 15 is 0 Å². The van der Waals surface area contributed by atoms with Crippen LogP contribution in [-0.4, -0.2) is 36.7 Å². The van der Waals surface area contributed by atoms with E-state index in [9.17, 15) is 0 Å². The minimum absolute atomic E-state index is 0.0457. The molecule has 0 heterocycles. The van der Waals surface area contributed by atoms with Crippen LogP contribution in [0.1, 0.15) is 56.1 Å². The first-order valence-electron chi connectivity index (χ1n) is 13.2. The summed E-state index contributed by atoms with van der Waals surface area (Å²) >= 11 is 0. The molecule has 1 aromatic carbocycles. The molecule has 33 heavy (non-hydrogen) atoms. The van der Waals surface area contributed by atoms with Gasteiger partial charge in [0.05, 0.1) is 11.7 Å². The Kier molecular flexibility index (Phi) is 6.48. The fourth-order valence-electron chi connectivity index (χ4n) is 7.29. The van der Waals surface area contributed by atoms with Gasteiger partial charge in [-0.15, -0.1) is 0 Å². The summed E-state index contributed by atoms with van der Waals surface area (Å²) in [6, 6.07) is 7.00. The fourth-order valence-corrected chi connectivity index (χ4v) is 10.9. The van der Waals surface area contributed by atoms with Crippen molar-refractivity contribution in [2.45, 2.75) is 122 Å². The third-order valence-electron chi connectivity index (χ3n) is 8.16. The predicted molar refractivity (Wildman–Crippen MR) is 147 cm³/mol. The highest BCUT2D eigenvalue weighted by Gasteiger charge is 2.66. The molecule has 0 spiro atoms. The zero-order valence-electron chi connectivity index (χ0n) is 22.9. The van der Waals surface area contributed by atoms with Crippen molar-refractivity contribution in [3.63, 3.8) is 0 Å². The van der Waals surface area contributed by atoms with Gasteiger partial charge in [0.15, 0.2) is 16.6 Å². The van der Waals surface area contributed by atoms with Crippen LogP contribution >= 0.6 is 0 Å². The quantitative estimate of drug-likeness (QED) is 0.368. The molecule has 2 fully saturated rings. The molecule has 0 unspecified atom stereocenters. The zero-order valence-corrected chi connectivity index (χ0v) is 25.9. The Morgan fingerprint density at radius 1 is 0.818 bits per heavy atom. The molecular formula is C27H48O3Si3. The van der Waals surface area contributed by atoms with E-state index in [2.05, 4.69) is 84.0 Å². The van der Waals surface area contributed by atoms with Crippen LogP contribution in [0.4, 0.5) is 0 Å². The monoisotopic (exact) mass is 504 g/mol. The third kappa shape index (κ3) is 4.97. The Morgan fingerprint density at radius 2 is 1.52 bits per heavy atom. The molecular weight excluding hydrogens is 457 g/mol. The van der Waals surface area contributed by atoms with Gasteiger partial charge in [-0.1, -0.05) is 13.0 Å². The topological polar surface area (TPSA) is 27.7 Å². The second kappa shape index (κ2) is 8.32. The summed E-state index contributed by atoms with van der Waals surface area (Å²) in [6.07, 6.45) is 7.50. The first kappa shape index (κ1) is 25.7. The van der Waals surface area contributed by atoms with E-state index in [4.69, 9.17) is 13.3 Å². The SMILES string of the molecule is C[C@]12CC[C@@H]3c4ccc(O[Si](C)(C)C)cc4CC[C@H]3[C@]1(O[Si](C)(C)C)CC[C@@H]2O[Si](C)(C)C. The highest BCUT2D eigenvalue weighted by atomic mass is 28.4. The van der Waals surface area contributed by atoms with Crippen molar-refractivity contribution in [3.05, 3.63) is 29.3 Å². The normalized spacial score (nSPS) is 34.4. The van der Waals surface area contributed by atoms with Crippen molar-refractivity contribution in [2.75, 3.05) is 0 Å². The number of hydrogen-bond acceptors (Lipinski definition) is 3. The Labute approximate surface area is 206 Å². The van der Waals surface area contributed by atoms with E-state index in [1.807, 2.05) is 0 Å². The Hall–Kier alpha value is -0.409. The van der Waals surface area contributed by atoms with Crippen LogP contribution in [0.3, 0.4) is 0 Å². The lowest BCUT2D eigenvalue weighted by Crippen LogP contribution is -2.62. The molecule has 5 atom stereocenters. The molecule has 0 amide bonds. The summed E-state index contributed by atoms with van der Waals surface area (Å²) in [5.41, 5.74) is 3.17. The lowest BCUT2D eigenvalue weighted by Gasteiger charge is -2.60. The summed E-state index contributed by atoms with van der Waals surface area (Å²) in [5.74, 6) is 2.27. The molecule has 0 bridgehead atoms. The maximum absolute atomic E-state index is 7.37. The van der Waals surface area contributed by atoms with Gasteiger partial charge in [-0.25, -0.2) is 0 Å². The number of hydrogen-bond donors (Lipinski definition) is 0. The molecule has 3 nitrogen and oxygen atoms in total. The van der Waals surface area contributed by atoms with Gasteiger partial charge in [0.25, 0.3) is 0 Å². The maximum atomic E-state index is 7.37. The van der Waals surface area contributed by atoms with Gasteiger partial charge in [0, 0.05) is 5.41 Å². The molecule has 0 saturated heterocycles. The van der Waals surface area contributed by atoms with Crippen LogP contribution in [0.2, 0.25) is 58.9 Å². The molecule has 1 aromatic rings. The van der Waals surface area contributed by atoms with Crippen LogP contribution in [0.5, 0.6) is 5.75 Å². The average molecular weight is 505 g/mol. The summed E-state index contributed by atoms with van der Waals surface area (Å²) in [6.45, 7) is 23.5. The smallest absolute Gasteiger partial charge is 0.242 e. The predicted octanol–water partition coefficient (Wildman–Crippen LogP) is 7.95. The van der Waals surface area contributed by atoms with Crippen molar-refractivity contribution in [1.29, 1.82) is 0 Å². The summed E-state index contributed by atoms with van der Waals surface area (Å²) in [7, 11) is -4.96. The number of fused-ring (bicyclic) bond motifs is 5. The number of rotatable bonds is 6. The van der Waals surface area contributed by atoms with E-state index in [0.717, 1.165) is 25.0 Å². The first-order chi connectivity index (χ1) is 15.0. The van der Waals surface area contributed by atoms with Crippen molar-refractivity contribution in [1.82, 2.24) is 0 Å². The van der Waals surface area contributed by atoms with Crippen molar-refractivity contribution in [2.24, 2.45) is 11.3 Å². The summed E-state index contributed by atoms with van der Waals surface area (Å²) < 4.78 is 20.6. The highest BCUT2D eigenvalue weighted by molar-refractivity contribution is 6.70. The first-order valence-corrected chi connectivity index (χ1v) is 23.5. The molecule has 186 valence electrons. The van der Waals surface area contributed by atoms with E-state index in [1.165, 1.54) is 24.8 Å². The van der Waals surface area contributed by atoms with Crippen LogP contribution < -0.4 is 4.43 Å². The summed E-state index contributed by atoms with van der Waals surface area (Å²) in [4.78, 5) is 0. The molecule has 4 rings (SSSR count). The second-order valence-corrected chi connectivity index (χ2v) is 27.5. The Balaban J connectivity index is 1.71. The van der Waals surface area contributed by atoms with E-state index in [-0.39, 0.29) is 11.0 Å². The molecule has 2 saturated carbocycles. The molecule has 3 aliphatic rings. The maximum Gasteiger partial charge on any atom is 0.242 e. The fraction of sp³-hybridized carbons (Fsp3) is 0.778. The van der Waals surface area contributed by atoms with E-state index in [1.54, 1.807) is 5.56 Å². The largest absolute Gasteiger partial charge is 0.544 e. The molecule has 6 heteroatoms. The van der Waals surface area contributed by atoms with Gasteiger partial charge in [0.2, 0.25) is 8.32 Å². The standard InChI is InChI=1S/C27H48O3Si3/c1-26-17-15-23-22-13-12-21(28-31(2,3)4)19-20(22)11-14-24(23)27(26,30-33(8,9)10)18-16-25(26)29-32(5,6)7/h12-13,19,23-25H,11,14-18H2,1-10H3/t23-,24-,25+,26-,27-/m1/s1. The van der Waals surface area contributed by atoms with Gasteiger partial charge in [0.1, 0.15) is 5.75 Å². The Morgan fingerprint density at radius 3 is 2.12 bits per heavy atom. The average Bonchev–Trinajstić information content (AvgIpc) is 2.89. The van der Waals surface area contributed by atoms with Gasteiger partial charge in [-0.05, 0) is 133 Å². The van der Waals surface area contributed by atoms with Crippen molar-refractivity contribution in [3.8, 4) is 5.75 Å². The third-order valence-corrected chi connectivity index (χ3v) is 11.0. The lowest BCUT2D eigenvalue weighted by molar-refractivity contribution is -0.147. The van der Waals surface area contributed by atoms with Crippen molar-refractivity contribution >= 4 is 25.0 Å². The number of benzene rings is 1. The highest BCUT2D eigenvalue weighted by Crippen LogP contribution is 2.66. The Bertz CT molecular complexity index is 882. The molecule has 0 N–H and O–H groups in total. The van der Waals surface area contributed by atoms with Crippen LogP contribution in [-0.2, 0) is 15.3 Å². The number of aryl methyl sites for hydroxylation is 1. The lowest BCUT2D eigenvalue weighted by atomic mass is 9.53. The van der Waals surface area contributed by atoms with Gasteiger partial charge in [-0.2, -0.15) is 0 Å². The van der Waals surface area contributed by atoms with Crippen LogP contribution in [0.15, 0.2) is 18.2 Å². The minimum Gasteiger partial charge on any atom is -0.544 e. The zero-order chi connectivity index (χ0) is 24.4.